The summed E-state index contributed by atoms with van der Waals surface area (Å²) in [6.45, 7) is 3.10. The Labute approximate surface area is 131 Å². The number of urea groups is 1. The molecular formula is C11H14ClN3O4S2. The van der Waals surface area contributed by atoms with Crippen molar-refractivity contribution in [2.45, 2.75) is 25.3 Å². The molecular weight excluding hydrogens is 338 g/mol. The lowest BCUT2D eigenvalue weighted by Gasteiger charge is -2.13. The summed E-state index contributed by atoms with van der Waals surface area (Å²) in [5.74, 6) is -0.449. The topological polar surface area (TPSA) is 105 Å². The summed E-state index contributed by atoms with van der Waals surface area (Å²) < 4.78 is 22.8. The molecule has 2 atom stereocenters. The van der Waals surface area contributed by atoms with Crippen LogP contribution in [-0.4, -0.2) is 48.1 Å². The molecule has 116 valence electrons. The van der Waals surface area contributed by atoms with E-state index in [1.165, 1.54) is 6.92 Å². The lowest BCUT2D eigenvalue weighted by molar-refractivity contribution is 0.102. The minimum atomic E-state index is -3.21. The number of aryl methyl sites for hydroxylation is 1. The van der Waals surface area contributed by atoms with E-state index in [1.54, 1.807) is 6.92 Å². The van der Waals surface area contributed by atoms with Crippen molar-refractivity contribution < 1.29 is 18.0 Å². The molecule has 1 aromatic heterocycles. The Morgan fingerprint density at radius 3 is 2.52 bits per heavy atom. The van der Waals surface area contributed by atoms with Crippen LogP contribution in [0.15, 0.2) is 0 Å². The summed E-state index contributed by atoms with van der Waals surface area (Å²) >= 11 is 6.97. The van der Waals surface area contributed by atoms with Crippen LogP contribution in [0.5, 0.6) is 0 Å². The quantitative estimate of drug-likeness (QED) is 0.628. The van der Waals surface area contributed by atoms with Crippen LogP contribution in [0.3, 0.4) is 0 Å². The standard InChI is InChI=1S/C11H14ClN3O4S2/c1-5-9(6(2)16)20-11(13-5)15-10(17)14-8-4-21(18,19)3-7(8)12/h7-8H,3-4H2,1-2H3,(H2,13,14,15,17)/t7-,8+/m1/s1. The molecule has 2 heterocycles. The maximum atomic E-state index is 11.8. The highest BCUT2D eigenvalue weighted by Gasteiger charge is 2.37. The van der Waals surface area contributed by atoms with Gasteiger partial charge in [-0.05, 0) is 6.92 Å². The molecule has 1 saturated heterocycles. The van der Waals surface area contributed by atoms with Crippen LogP contribution in [0.1, 0.15) is 22.3 Å². The number of alkyl halides is 1. The maximum Gasteiger partial charge on any atom is 0.321 e. The molecule has 2 amide bonds. The second kappa shape index (κ2) is 5.90. The van der Waals surface area contributed by atoms with Crippen molar-refractivity contribution >= 4 is 49.7 Å². The van der Waals surface area contributed by atoms with E-state index < -0.39 is 27.3 Å². The second-order valence-corrected chi connectivity index (χ2v) is 8.50. The molecule has 1 fully saturated rings. The Hall–Kier alpha value is -1.19. The Bertz CT molecular complexity index is 686. The Kier molecular flexibility index (Phi) is 4.54. The predicted molar refractivity (Wildman–Crippen MR) is 81.1 cm³/mol. The van der Waals surface area contributed by atoms with Crippen molar-refractivity contribution in [1.82, 2.24) is 10.3 Å². The van der Waals surface area contributed by atoms with Gasteiger partial charge in [-0.25, -0.2) is 18.2 Å². The summed E-state index contributed by atoms with van der Waals surface area (Å²) in [7, 11) is -3.21. The van der Waals surface area contributed by atoms with E-state index >= 15 is 0 Å². The van der Waals surface area contributed by atoms with Gasteiger partial charge in [0.05, 0.1) is 33.5 Å². The number of carbonyl (C=O) groups excluding carboxylic acids is 2. The van der Waals surface area contributed by atoms with E-state index in [9.17, 15) is 18.0 Å². The smallest absolute Gasteiger partial charge is 0.321 e. The molecule has 0 saturated carbocycles. The molecule has 1 aliphatic rings. The number of anilines is 1. The molecule has 2 N–H and O–H groups in total. The van der Waals surface area contributed by atoms with E-state index in [0.717, 1.165) is 11.3 Å². The highest BCUT2D eigenvalue weighted by Crippen LogP contribution is 2.23. The molecule has 1 aliphatic heterocycles. The van der Waals surface area contributed by atoms with E-state index in [0.29, 0.717) is 10.6 Å². The highest BCUT2D eigenvalue weighted by atomic mass is 35.5. The number of nitrogens with one attached hydrogen (secondary N) is 2. The second-order valence-electron chi connectivity index (χ2n) is 4.79. The first-order valence-electron chi connectivity index (χ1n) is 6.08. The Morgan fingerprint density at radius 1 is 1.38 bits per heavy atom. The first-order valence-corrected chi connectivity index (χ1v) is 9.16. The number of sulfone groups is 1. The number of Topliss-reactive ketones (excluding diaryl/α,β-unsaturated/α-hetero) is 1. The number of ketones is 1. The van der Waals surface area contributed by atoms with Crippen molar-refractivity contribution in [3.8, 4) is 0 Å². The van der Waals surface area contributed by atoms with Crippen LogP contribution in [0.25, 0.3) is 0 Å². The van der Waals surface area contributed by atoms with Gasteiger partial charge in [-0.15, -0.1) is 11.6 Å². The fraction of sp³-hybridized carbons (Fsp3) is 0.545. The Balaban J connectivity index is 1.99. The molecule has 21 heavy (non-hydrogen) atoms. The van der Waals surface area contributed by atoms with Gasteiger partial charge in [-0.3, -0.25) is 10.1 Å². The number of halogens is 1. The van der Waals surface area contributed by atoms with Crippen LogP contribution >= 0.6 is 22.9 Å². The predicted octanol–water partition coefficient (Wildman–Crippen LogP) is 1.18. The minimum absolute atomic E-state index is 0.124. The van der Waals surface area contributed by atoms with Crippen LogP contribution < -0.4 is 10.6 Å². The number of carbonyl (C=O) groups is 2. The van der Waals surface area contributed by atoms with Gasteiger partial charge < -0.3 is 5.32 Å². The average Bonchev–Trinajstić information content (AvgIpc) is 2.79. The third-order valence-electron chi connectivity index (χ3n) is 2.94. The van der Waals surface area contributed by atoms with Gasteiger partial charge in [-0.2, -0.15) is 0 Å². The van der Waals surface area contributed by atoms with Gasteiger partial charge in [0.1, 0.15) is 0 Å². The first kappa shape index (κ1) is 16.2. The van der Waals surface area contributed by atoms with Gasteiger partial charge in [0, 0.05) is 6.92 Å². The normalized spacial score (nSPS) is 23.8. The zero-order valence-corrected chi connectivity index (χ0v) is 13.7. The van der Waals surface area contributed by atoms with Gasteiger partial charge in [0.15, 0.2) is 20.8 Å². The van der Waals surface area contributed by atoms with E-state index in [2.05, 4.69) is 15.6 Å². The van der Waals surface area contributed by atoms with E-state index in [1.807, 2.05) is 0 Å². The average molecular weight is 352 g/mol. The molecule has 10 heteroatoms. The number of hydrogen-bond acceptors (Lipinski definition) is 6. The largest absolute Gasteiger partial charge is 0.333 e. The van der Waals surface area contributed by atoms with Gasteiger partial charge in [-0.1, -0.05) is 11.3 Å². The number of amides is 2. The van der Waals surface area contributed by atoms with Gasteiger partial charge in [0.25, 0.3) is 0 Å². The van der Waals surface area contributed by atoms with Crippen molar-refractivity contribution in [3.63, 3.8) is 0 Å². The summed E-state index contributed by atoms with van der Waals surface area (Å²) in [5, 5.41) is 4.63. The lowest BCUT2D eigenvalue weighted by atomic mass is 10.2. The summed E-state index contributed by atoms with van der Waals surface area (Å²) in [4.78, 5) is 27.7. The summed E-state index contributed by atoms with van der Waals surface area (Å²) in [6, 6.07) is -1.23. The van der Waals surface area contributed by atoms with Crippen LogP contribution in [0.4, 0.5) is 9.93 Å². The fourth-order valence-electron chi connectivity index (χ4n) is 2.01. The number of aromatic nitrogens is 1. The molecule has 0 bridgehead atoms. The van der Waals surface area contributed by atoms with Crippen molar-refractivity contribution in [2.75, 3.05) is 16.8 Å². The SMILES string of the molecule is CC(=O)c1sc(NC(=O)N[C@H]2CS(=O)(=O)C[C@H]2Cl)nc1C. The molecule has 0 aliphatic carbocycles. The monoisotopic (exact) mass is 351 g/mol. The number of thiazole rings is 1. The maximum absolute atomic E-state index is 11.8. The van der Waals surface area contributed by atoms with Crippen LogP contribution in [0.2, 0.25) is 0 Å². The number of hydrogen-bond donors (Lipinski definition) is 2. The molecule has 2 rings (SSSR count). The third kappa shape index (κ3) is 3.92. The summed E-state index contributed by atoms with van der Waals surface area (Å²) in [5.41, 5.74) is 0.543. The molecule has 1 aromatic rings. The van der Waals surface area contributed by atoms with E-state index in [4.69, 9.17) is 11.6 Å². The molecule has 0 spiro atoms. The zero-order chi connectivity index (χ0) is 15.8. The van der Waals surface area contributed by atoms with Crippen molar-refractivity contribution in [3.05, 3.63) is 10.6 Å². The van der Waals surface area contributed by atoms with E-state index in [-0.39, 0.29) is 22.4 Å². The fourth-order valence-corrected chi connectivity index (χ4v) is 5.42. The number of nitrogens with zero attached hydrogens (tertiary/aromatic N) is 1. The van der Waals surface area contributed by atoms with Crippen LogP contribution in [-0.2, 0) is 9.84 Å². The van der Waals surface area contributed by atoms with Gasteiger partial charge >= 0.3 is 6.03 Å². The molecule has 7 nitrogen and oxygen atoms in total. The van der Waals surface area contributed by atoms with Crippen molar-refractivity contribution in [2.24, 2.45) is 0 Å². The molecule has 0 unspecified atom stereocenters. The number of rotatable bonds is 3. The lowest BCUT2D eigenvalue weighted by Crippen LogP contribution is -2.42. The first-order chi connectivity index (χ1) is 9.68. The van der Waals surface area contributed by atoms with Crippen molar-refractivity contribution in [1.29, 1.82) is 0 Å². The van der Waals surface area contributed by atoms with Crippen LogP contribution in [0, 0.1) is 6.92 Å². The highest BCUT2D eigenvalue weighted by molar-refractivity contribution is 7.91. The molecule has 0 radical (unpaired) electrons. The third-order valence-corrected chi connectivity index (χ3v) is 6.49. The zero-order valence-electron chi connectivity index (χ0n) is 11.3. The van der Waals surface area contributed by atoms with Gasteiger partial charge in [0.2, 0.25) is 0 Å². The molecule has 0 aromatic carbocycles. The summed E-state index contributed by atoms with van der Waals surface area (Å²) in [6.07, 6.45) is 0. The Morgan fingerprint density at radius 2 is 2.05 bits per heavy atom. The minimum Gasteiger partial charge on any atom is -0.333 e.